The van der Waals surface area contributed by atoms with Crippen molar-refractivity contribution >= 4 is 28.9 Å². The van der Waals surface area contributed by atoms with E-state index in [0.29, 0.717) is 44.9 Å². The smallest absolute Gasteiger partial charge is 0.343 e. The van der Waals surface area contributed by atoms with Gasteiger partial charge < -0.3 is 29.6 Å². The fourth-order valence-electron chi connectivity index (χ4n) is 4.88. The van der Waals surface area contributed by atoms with Crippen LogP contribution in [0.5, 0.6) is 11.5 Å². The minimum Gasteiger partial charge on any atom is -0.458 e. The average Bonchev–Trinajstić information content (AvgIpc) is 3.20. The molecule has 3 aliphatic rings. The number of esters is 1. The van der Waals surface area contributed by atoms with Crippen molar-refractivity contribution in [3.63, 3.8) is 0 Å². The van der Waals surface area contributed by atoms with E-state index in [1.165, 1.54) is 6.08 Å². The molecule has 3 aromatic rings. The molecule has 0 saturated heterocycles. The molecule has 10 heteroatoms. The molecular weight excluding hydrogens is 442 g/mol. The molecular formula is C24H19N3O7. The van der Waals surface area contributed by atoms with Gasteiger partial charge in [0.25, 0.3) is 5.56 Å². The summed E-state index contributed by atoms with van der Waals surface area (Å²) in [6.07, 6.45) is 2.88. The maximum absolute atomic E-state index is 13.4. The maximum atomic E-state index is 13.4. The molecule has 2 aromatic heterocycles. The Morgan fingerprint density at radius 1 is 1.24 bits per heavy atom. The monoisotopic (exact) mass is 461 g/mol. The SMILES string of the molecule is CC[C@@]1(O)C(=O)OCc2c1cc1n(c2=O)Cc2c-1nc1ccc(/C=C/C(N)=O)c3c1c2OCO3. The molecule has 3 N–H and O–H groups in total. The van der Waals surface area contributed by atoms with Gasteiger partial charge in [0.2, 0.25) is 12.7 Å². The van der Waals surface area contributed by atoms with Gasteiger partial charge in [-0.25, -0.2) is 9.78 Å². The van der Waals surface area contributed by atoms with Gasteiger partial charge in [0.1, 0.15) is 18.1 Å². The molecule has 0 fully saturated rings. The first-order valence-electron chi connectivity index (χ1n) is 10.7. The van der Waals surface area contributed by atoms with Crippen LogP contribution < -0.4 is 20.8 Å². The summed E-state index contributed by atoms with van der Waals surface area (Å²) in [7, 11) is 0. The summed E-state index contributed by atoms with van der Waals surface area (Å²) < 4.78 is 18.3. The van der Waals surface area contributed by atoms with Crippen molar-refractivity contribution in [3.8, 4) is 22.9 Å². The van der Waals surface area contributed by atoms with Crippen LogP contribution in [0.4, 0.5) is 0 Å². The lowest BCUT2D eigenvalue weighted by Crippen LogP contribution is -2.44. The quantitative estimate of drug-likeness (QED) is 0.343. The summed E-state index contributed by atoms with van der Waals surface area (Å²) in [5, 5.41) is 11.6. The predicted molar refractivity (Wildman–Crippen MR) is 119 cm³/mol. The van der Waals surface area contributed by atoms with E-state index in [-0.39, 0.29) is 43.1 Å². The summed E-state index contributed by atoms with van der Waals surface area (Å²) in [6, 6.07) is 5.18. The molecule has 5 heterocycles. The van der Waals surface area contributed by atoms with Gasteiger partial charge in [-0.05, 0) is 30.7 Å². The van der Waals surface area contributed by atoms with Crippen LogP contribution in [-0.2, 0) is 33.1 Å². The zero-order chi connectivity index (χ0) is 23.8. The highest BCUT2D eigenvalue weighted by atomic mass is 16.7. The molecule has 0 spiro atoms. The van der Waals surface area contributed by atoms with Crippen molar-refractivity contribution in [3.05, 3.63) is 56.9 Å². The van der Waals surface area contributed by atoms with Gasteiger partial charge in [0.05, 0.1) is 34.4 Å². The van der Waals surface area contributed by atoms with Gasteiger partial charge in [0, 0.05) is 22.8 Å². The number of carbonyl (C=O) groups excluding carboxylic acids is 2. The number of carbonyl (C=O) groups is 2. The van der Waals surface area contributed by atoms with Gasteiger partial charge in [-0.3, -0.25) is 9.59 Å². The number of nitrogens with two attached hydrogens (primary N) is 1. The third-order valence-corrected chi connectivity index (χ3v) is 6.62. The third-order valence-electron chi connectivity index (χ3n) is 6.62. The number of ether oxygens (including phenoxy) is 3. The largest absolute Gasteiger partial charge is 0.458 e. The molecule has 34 heavy (non-hydrogen) atoms. The minimum atomic E-state index is -1.89. The molecule has 1 aromatic carbocycles. The number of nitrogens with zero attached hydrogens (tertiary/aromatic N) is 2. The highest BCUT2D eigenvalue weighted by molar-refractivity contribution is 5.99. The molecule has 3 aliphatic heterocycles. The molecule has 172 valence electrons. The van der Waals surface area contributed by atoms with Gasteiger partial charge in [-0.2, -0.15) is 0 Å². The van der Waals surface area contributed by atoms with Crippen LogP contribution in [0, 0.1) is 0 Å². The first-order valence-corrected chi connectivity index (χ1v) is 10.7. The number of pyridine rings is 2. The second-order valence-corrected chi connectivity index (χ2v) is 8.39. The first kappa shape index (κ1) is 20.4. The van der Waals surface area contributed by atoms with Crippen LogP contribution >= 0.6 is 0 Å². The topological polar surface area (TPSA) is 143 Å². The Bertz CT molecular complexity index is 1540. The van der Waals surface area contributed by atoms with E-state index in [2.05, 4.69) is 0 Å². The summed E-state index contributed by atoms with van der Waals surface area (Å²) in [6.45, 7) is 1.61. The van der Waals surface area contributed by atoms with E-state index in [4.69, 9.17) is 24.9 Å². The molecule has 0 unspecified atom stereocenters. The van der Waals surface area contributed by atoms with Gasteiger partial charge in [-0.15, -0.1) is 0 Å². The lowest BCUT2D eigenvalue weighted by Gasteiger charge is -2.31. The van der Waals surface area contributed by atoms with Crippen LogP contribution in [0.25, 0.3) is 28.4 Å². The number of hydrogen-bond acceptors (Lipinski definition) is 8. The minimum absolute atomic E-state index is 0.0559. The Hall–Kier alpha value is -4.18. The van der Waals surface area contributed by atoms with E-state index in [0.717, 1.165) is 0 Å². The normalized spacial score (nSPS) is 19.8. The number of aliphatic hydroxyl groups is 1. The van der Waals surface area contributed by atoms with Crippen molar-refractivity contribution in [2.75, 3.05) is 6.79 Å². The van der Waals surface area contributed by atoms with Crippen molar-refractivity contribution in [1.29, 1.82) is 0 Å². The lowest BCUT2D eigenvalue weighted by atomic mass is 9.86. The number of fused-ring (bicyclic) bond motifs is 5. The summed E-state index contributed by atoms with van der Waals surface area (Å²) in [4.78, 5) is 41.7. The summed E-state index contributed by atoms with van der Waals surface area (Å²) >= 11 is 0. The molecule has 6 rings (SSSR count). The van der Waals surface area contributed by atoms with Crippen molar-refractivity contribution in [1.82, 2.24) is 9.55 Å². The van der Waals surface area contributed by atoms with Crippen LogP contribution in [0.15, 0.2) is 29.1 Å². The number of hydrogen-bond donors (Lipinski definition) is 2. The van der Waals surface area contributed by atoms with Crippen molar-refractivity contribution in [2.45, 2.75) is 32.1 Å². The van der Waals surface area contributed by atoms with Gasteiger partial charge >= 0.3 is 5.97 Å². The zero-order valence-corrected chi connectivity index (χ0v) is 18.1. The van der Waals surface area contributed by atoms with Crippen LogP contribution in [0.3, 0.4) is 0 Å². The van der Waals surface area contributed by atoms with Crippen LogP contribution in [0.1, 0.15) is 35.6 Å². The van der Waals surface area contributed by atoms with Gasteiger partial charge in [0.15, 0.2) is 5.60 Å². The third kappa shape index (κ3) is 2.59. The second-order valence-electron chi connectivity index (χ2n) is 8.39. The lowest BCUT2D eigenvalue weighted by molar-refractivity contribution is -0.172. The number of aromatic nitrogens is 2. The Kier molecular flexibility index (Phi) is 4.15. The Labute approximate surface area is 192 Å². The molecule has 0 radical (unpaired) electrons. The maximum Gasteiger partial charge on any atom is 0.343 e. The fraction of sp³-hybridized carbons (Fsp3) is 0.250. The molecule has 10 nitrogen and oxygen atoms in total. The molecule has 0 aliphatic carbocycles. The second kappa shape index (κ2) is 6.91. The molecule has 1 amide bonds. The predicted octanol–water partition coefficient (Wildman–Crippen LogP) is 1.31. The Morgan fingerprint density at radius 3 is 2.79 bits per heavy atom. The zero-order valence-electron chi connectivity index (χ0n) is 18.1. The standard InChI is InChI=1S/C24H19N3O7/c1-2-24(31)14-7-16-19-12(8-27(16)22(29)13(14)9-32-23(24)30)21-18-15(26-19)5-3-11(4-6-17(25)28)20(18)33-10-34-21/h3-7,31H,2,8-10H2,1H3,(H2,25,28)/b6-4+/t24-/m0/s1. The van der Waals surface area contributed by atoms with E-state index >= 15 is 0 Å². The fourth-order valence-corrected chi connectivity index (χ4v) is 4.88. The van der Waals surface area contributed by atoms with E-state index < -0.39 is 17.5 Å². The summed E-state index contributed by atoms with van der Waals surface area (Å²) in [5.74, 6) is -0.309. The van der Waals surface area contributed by atoms with E-state index in [1.807, 2.05) is 0 Å². The van der Waals surface area contributed by atoms with Crippen LogP contribution in [-0.4, -0.2) is 33.3 Å². The number of primary amides is 1. The van der Waals surface area contributed by atoms with E-state index in [1.54, 1.807) is 35.8 Å². The number of rotatable bonds is 3. The highest BCUT2D eigenvalue weighted by Crippen LogP contribution is 2.47. The van der Waals surface area contributed by atoms with Crippen LogP contribution in [0.2, 0.25) is 0 Å². The van der Waals surface area contributed by atoms with Gasteiger partial charge in [-0.1, -0.05) is 6.92 Å². The Balaban J connectivity index is 1.61. The summed E-state index contributed by atoms with van der Waals surface area (Å²) in [5.41, 5.74) is 6.43. The molecule has 0 bridgehead atoms. The average molecular weight is 461 g/mol. The number of cyclic esters (lactones) is 1. The number of amides is 1. The molecule has 0 saturated carbocycles. The molecule has 1 atom stereocenters. The van der Waals surface area contributed by atoms with Crippen molar-refractivity contribution in [2.24, 2.45) is 5.73 Å². The number of benzene rings is 1. The van der Waals surface area contributed by atoms with E-state index in [9.17, 15) is 19.5 Å². The first-order chi connectivity index (χ1) is 16.3. The Morgan fingerprint density at radius 2 is 2.03 bits per heavy atom. The van der Waals surface area contributed by atoms with Crippen molar-refractivity contribution < 1.29 is 28.9 Å². The highest BCUT2D eigenvalue weighted by Gasteiger charge is 2.45.